The summed E-state index contributed by atoms with van der Waals surface area (Å²) < 4.78 is 5.47. The summed E-state index contributed by atoms with van der Waals surface area (Å²) in [5.41, 5.74) is 0.873. The van der Waals surface area contributed by atoms with Crippen LogP contribution in [0.5, 0.6) is 5.75 Å². The van der Waals surface area contributed by atoms with Gasteiger partial charge in [-0.05, 0) is 23.8 Å². The van der Waals surface area contributed by atoms with Crippen molar-refractivity contribution in [3.8, 4) is 5.75 Å². The number of carbonyl (C=O) groups is 1. The Labute approximate surface area is 108 Å². The molecule has 0 radical (unpaired) electrons. The van der Waals surface area contributed by atoms with Gasteiger partial charge in [-0.2, -0.15) is 0 Å². The summed E-state index contributed by atoms with van der Waals surface area (Å²) in [6.45, 7) is 0. The lowest BCUT2D eigenvalue weighted by Crippen LogP contribution is -2.34. The molecule has 1 fully saturated rings. The average molecular weight is 266 g/mol. The first-order chi connectivity index (χ1) is 8.11. The molecule has 0 saturated carbocycles. The van der Waals surface area contributed by atoms with Crippen LogP contribution in [0.3, 0.4) is 0 Å². The van der Waals surface area contributed by atoms with Crippen LogP contribution in [0, 0.1) is 0 Å². The zero-order valence-electron chi connectivity index (χ0n) is 9.04. The number of ether oxygens (including phenoxy) is 1. The number of rotatable bonds is 2. The van der Waals surface area contributed by atoms with Crippen LogP contribution in [0.1, 0.15) is 5.56 Å². The van der Waals surface area contributed by atoms with E-state index in [2.05, 4.69) is 0 Å². The van der Waals surface area contributed by atoms with Gasteiger partial charge >= 0.3 is 0 Å². The Hall–Kier alpha value is -1.37. The molecule has 17 heavy (non-hydrogen) atoms. The van der Waals surface area contributed by atoms with Gasteiger partial charge in [0.1, 0.15) is 5.75 Å². The Kier molecular flexibility index (Phi) is 3.46. The molecule has 88 valence electrons. The summed E-state index contributed by atoms with van der Waals surface area (Å²) in [4.78, 5) is 12.2. The number of amides is 1. The average Bonchev–Trinajstić information content (AvgIpc) is 2.57. The van der Waals surface area contributed by atoms with E-state index in [0.717, 1.165) is 16.3 Å². The molecule has 0 atom stereocenters. The molecule has 1 aromatic carbocycles. The van der Waals surface area contributed by atoms with Crippen molar-refractivity contribution in [2.75, 3.05) is 7.11 Å². The number of nitrogens with two attached hydrogens (primary N) is 1. The van der Waals surface area contributed by atoms with Gasteiger partial charge in [-0.25, -0.2) is 10.9 Å². The number of thioether (sulfide) groups is 1. The van der Waals surface area contributed by atoms with Crippen molar-refractivity contribution in [1.82, 2.24) is 5.01 Å². The van der Waals surface area contributed by atoms with Crippen LogP contribution in [-0.4, -0.2) is 22.3 Å². The second kappa shape index (κ2) is 4.87. The third-order valence-electron chi connectivity index (χ3n) is 2.22. The first-order valence-corrected chi connectivity index (χ1v) is 6.01. The highest BCUT2D eigenvalue weighted by Crippen LogP contribution is 2.30. The largest absolute Gasteiger partial charge is 0.497 e. The third-order valence-corrected chi connectivity index (χ3v) is 3.55. The van der Waals surface area contributed by atoms with Crippen molar-refractivity contribution in [3.05, 3.63) is 34.7 Å². The number of benzene rings is 1. The number of hydrogen-bond donors (Lipinski definition) is 1. The van der Waals surface area contributed by atoms with E-state index in [1.165, 1.54) is 11.8 Å². The normalized spacial score (nSPS) is 18.0. The molecule has 0 unspecified atom stereocenters. The van der Waals surface area contributed by atoms with Gasteiger partial charge in [0.15, 0.2) is 4.32 Å². The Morgan fingerprint density at radius 3 is 2.88 bits per heavy atom. The molecule has 0 bridgehead atoms. The van der Waals surface area contributed by atoms with Gasteiger partial charge in [0, 0.05) is 0 Å². The van der Waals surface area contributed by atoms with Gasteiger partial charge in [0.25, 0.3) is 5.91 Å². The molecule has 2 N–H and O–H groups in total. The fraction of sp³-hybridized carbons (Fsp3) is 0.0909. The lowest BCUT2D eigenvalue weighted by Gasteiger charge is -2.03. The minimum Gasteiger partial charge on any atom is -0.497 e. The molecule has 4 nitrogen and oxygen atoms in total. The van der Waals surface area contributed by atoms with E-state index in [4.69, 9.17) is 22.8 Å². The van der Waals surface area contributed by atoms with Crippen LogP contribution in [0.2, 0.25) is 0 Å². The van der Waals surface area contributed by atoms with Crippen LogP contribution in [-0.2, 0) is 4.79 Å². The summed E-state index contributed by atoms with van der Waals surface area (Å²) >= 11 is 6.13. The van der Waals surface area contributed by atoms with Gasteiger partial charge in [0.2, 0.25) is 0 Å². The minimum atomic E-state index is -0.275. The van der Waals surface area contributed by atoms with Crippen LogP contribution in [0.15, 0.2) is 29.2 Å². The lowest BCUT2D eigenvalue weighted by molar-refractivity contribution is -0.122. The highest BCUT2D eigenvalue weighted by molar-refractivity contribution is 8.26. The summed E-state index contributed by atoms with van der Waals surface area (Å²) in [5.74, 6) is 5.94. The van der Waals surface area contributed by atoms with E-state index in [1.54, 1.807) is 13.2 Å². The van der Waals surface area contributed by atoms with E-state index in [1.807, 2.05) is 24.3 Å². The number of methoxy groups -OCH3 is 1. The van der Waals surface area contributed by atoms with Crippen LogP contribution in [0.25, 0.3) is 6.08 Å². The molecule has 1 heterocycles. The smallest absolute Gasteiger partial charge is 0.280 e. The van der Waals surface area contributed by atoms with E-state index >= 15 is 0 Å². The molecule has 0 aromatic heterocycles. The molecule has 6 heteroatoms. The Balaban J connectivity index is 2.30. The van der Waals surface area contributed by atoms with Gasteiger partial charge in [-0.15, -0.1) is 0 Å². The molecule has 1 aliphatic heterocycles. The number of hydrogen-bond acceptors (Lipinski definition) is 5. The summed E-state index contributed by atoms with van der Waals surface area (Å²) in [7, 11) is 1.60. The fourth-order valence-corrected chi connectivity index (χ4v) is 2.46. The molecule has 0 aliphatic carbocycles. The lowest BCUT2D eigenvalue weighted by atomic mass is 10.2. The minimum absolute atomic E-state index is 0.275. The fourth-order valence-electron chi connectivity index (χ4n) is 1.36. The highest BCUT2D eigenvalue weighted by Gasteiger charge is 2.29. The SMILES string of the molecule is COc1cccc(/C=C2\SC(=S)N(N)C2=O)c1. The standard InChI is InChI=1S/C11H10N2O2S2/c1-15-8-4-2-3-7(5-8)6-9-10(14)13(12)11(16)17-9/h2-6H,12H2,1H3/b9-6-. The van der Waals surface area contributed by atoms with Crippen molar-refractivity contribution >= 4 is 40.3 Å². The summed E-state index contributed by atoms with van der Waals surface area (Å²) in [6.07, 6.45) is 1.74. The zero-order valence-corrected chi connectivity index (χ0v) is 10.7. The molecular weight excluding hydrogens is 256 g/mol. The molecular formula is C11H10N2O2S2. The van der Waals surface area contributed by atoms with Gasteiger partial charge < -0.3 is 4.74 Å². The van der Waals surface area contributed by atoms with Crippen molar-refractivity contribution in [2.24, 2.45) is 5.84 Å². The maximum absolute atomic E-state index is 11.7. The summed E-state index contributed by atoms with van der Waals surface area (Å²) in [6, 6.07) is 7.41. The quantitative estimate of drug-likeness (QED) is 0.383. The van der Waals surface area contributed by atoms with Crippen LogP contribution < -0.4 is 10.6 Å². The van der Waals surface area contributed by atoms with Gasteiger partial charge in [-0.3, -0.25) is 4.79 Å². The second-order valence-electron chi connectivity index (χ2n) is 3.33. The maximum atomic E-state index is 11.7. The van der Waals surface area contributed by atoms with Crippen molar-refractivity contribution < 1.29 is 9.53 Å². The third kappa shape index (κ3) is 2.49. The number of thiocarbonyl (C=S) groups is 1. The number of carbonyl (C=O) groups excluding carboxylic acids is 1. The molecule has 1 saturated heterocycles. The van der Waals surface area contributed by atoms with E-state index < -0.39 is 0 Å². The van der Waals surface area contributed by atoms with Gasteiger partial charge in [-0.1, -0.05) is 36.1 Å². The number of nitrogens with zero attached hydrogens (tertiary/aromatic N) is 1. The maximum Gasteiger partial charge on any atom is 0.280 e. The van der Waals surface area contributed by atoms with Crippen molar-refractivity contribution in [1.29, 1.82) is 0 Å². The molecule has 1 aliphatic rings. The Bertz CT molecular complexity index is 514. The highest BCUT2D eigenvalue weighted by atomic mass is 32.2. The molecule has 2 rings (SSSR count). The predicted octanol–water partition coefficient (Wildman–Crippen LogP) is 1.77. The topological polar surface area (TPSA) is 55.6 Å². The first-order valence-electron chi connectivity index (χ1n) is 4.78. The molecule has 1 amide bonds. The molecule has 1 aromatic rings. The Morgan fingerprint density at radius 2 is 2.29 bits per heavy atom. The Morgan fingerprint density at radius 1 is 1.53 bits per heavy atom. The molecule has 0 spiro atoms. The summed E-state index contributed by atoms with van der Waals surface area (Å²) in [5, 5.41) is 0.978. The first kappa shape index (κ1) is 12.1. The predicted molar refractivity (Wildman–Crippen MR) is 72.2 cm³/mol. The van der Waals surface area contributed by atoms with E-state index in [0.29, 0.717) is 9.23 Å². The van der Waals surface area contributed by atoms with Crippen molar-refractivity contribution in [3.63, 3.8) is 0 Å². The second-order valence-corrected chi connectivity index (χ2v) is 5.00. The van der Waals surface area contributed by atoms with Crippen LogP contribution in [0.4, 0.5) is 0 Å². The van der Waals surface area contributed by atoms with E-state index in [-0.39, 0.29) is 5.91 Å². The van der Waals surface area contributed by atoms with Crippen LogP contribution >= 0.6 is 24.0 Å². The van der Waals surface area contributed by atoms with E-state index in [9.17, 15) is 4.79 Å². The monoisotopic (exact) mass is 266 g/mol. The van der Waals surface area contributed by atoms with Gasteiger partial charge in [0.05, 0.1) is 12.0 Å². The zero-order chi connectivity index (χ0) is 12.4. The van der Waals surface area contributed by atoms with Crippen molar-refractivity contribution in [2.45, 2.75) is 0 Å². The number of hydrazine groups is 1.